The largest absolute Gasteiger partial charge is 0.508 e. The van der Waals surface area contributed by atoms with E-state index < -0.39 is 0 Å². The lowest BCUT2D eigenvalue weighted by atomic mass is 10.0. The highest BCUT2D eigenvalue weighted by Crippen LogP contribution is 2.29. The van der Waals surface area contributed by atoms with E-state index >= 15 is 0 Å². The van der Waals surface area contributed by atoms with Crippen molar-refractivity contribution in [2.24, 2.45) is 5.92 Å². The summed E-state index contributed by atoms with van der Waals surface area (Å²) in [5, 5.41) is 25.1. The summed E-state index contributed by atoms with van der Waals surface area (Å²) in [4.78, 5) is 10.1. The summed E-state index contributed by atoms with van der Waals surface area (Å²) in [6.07, 6.45) is 6.09. The van der Waals surface area contributed by atoms with Crippen LogP contribution in [0.15, 0.2) is 72.8 Å². The first-order valence-corrected chi connectivity index (χ1v) is 19.6. The van der Waals surface area contributed by atoms with Crippen LogP contribution in [0.25, 0.3) is 0 Å². The van der Waals surface area contributed by atoms with Crippen LogP contribution in [0.5, 0.6) is 17.2 Å². The second-order valence-corrected chi connectivity index (χ2v) is 15.7. The van der Waals surface area contributed by atoms with Crippen LogP contribution in [0.2, 0.25) is 0 Å². The second-order valence-electron chi connectivity index (χ2n) is 14.9. The van der Waals surface area contributed by atoms with Crippen molar-refractivity contribution in [2.45, 2.75) is 83.5 Å². The molecule has 4 atom stereocenters. The summed E-state index contributed by atoms with van der Waals surface area (Å²) in [6.45, 7) is 12.8. The lowest BCUT2D eigenvalue weighted by Crippen LogP contribution is -2.51. The van der Waals surface area contributed by atoms with Gasteiger partial charge in [-0.05, 0) is 135 Å². The highest BCUT2D eigenvalue weighted by molar-refractivity contribution is 7.80. The molecule has 274 valence electrons. The van der Waals surface area contributed by atoms with Gasteiger partial charge in [-0.15, -0.1) is 0 Å². The van der Waals surface area contributed by atoms with Crippen molar-refractivity contribution in [3.63, 3.8) is 0 Å². The van der Waals surface area contributed by atoms with Gasteiger partial charge in [0, 0.05) is 50.8 Å². The third-order valence-corrected chi connectivity index (χ3v) is 11.6. The Hall–Kier alpha value is -3.60. The normalized spacial score (nSPS) is 21.6. The van der Waals surface area contributed by atoms with Crippen molar-refractivity contribution in [1.82, 2.24) is 24.9 Å². The smallest absolute Gasteiger partial charge is 0.172 e. The summed E-state index contributed by atoms with van der Waals surface area (Å²) in [5.74, 6) is 2.07. The average molecular weight is 730 g/mol. The molecule has 3 aliphatic heterocycles. The van der Waals surface area contributed by atoms with Gasteiger partial charge in [-0.25, -0.2) is 0 Å². The molecule has 0 amide bonds. The van der Waals surface area contributed by atoms with Gasteiger partial charge in [0.05, 0.1) is 12.6 Å². The lowest BCUT2D eigenvalue weighted by Gasteiger charge is -2.37. The monoisotopic (exact) mass is 729 g/mol. The van der Waals surface area contributed by atoms with E-state index in [-0.39, 0.29) is 12.1 Å². The number of aromatic hydroxyl groups is 2. The Morgan fingerprint density at radius 2 is 1.51 bits per heavy atom. The van der Waals surface area contributed by atoms with E-state index in [1.807, 2.05) is 19.1 Å². The number of phenols is 2. The zero-order chi connectivity index (χ0) is 35.9. The minimum Gasteiger partial charge on any atom is -0.508 e. The van der Waals surface area contributed by atoms with Crippen LogP contribution in [-0.2, 0) is 19.3 Å². The molecule has 3 aromatic carbocycles. The first-order chi connectivity index (χ1) is 24.7. The maximum Gasteiger partial charge on any atom is 0.172 e. The molecule has 0 saturated carbocycles. The molecule has 1 unspecified atom stereocenters. The second kappa shape index (κ2) is 17.3. The van der Waals surface area contributed by atoms with Crippen LogP contribution in [0.4, 0.5) is 0 Å². The number of nitrogens with one attached hydrogen (secondary N) is 1. The quantitative estimate of drug-likeness (QED) is 0.148. The van der Waals surface area contributed by atoms with Crippen molar-refractivity contribution < 1.29 is 14.9 Å². The summed E-state index contributed by atoms with van der Waals surface area (Å²) in [7, 11) is 0. The molecular formula is C41H55N5O3S2. The number of rotatable bonds is 16. The van der Waals surface area contributed by atoms with Gasteiger partial charge in [-0.1, -0.05) is 50.2 Å². The van der Waals surface area contributed by atoms with Crippen molar-refractivity contribution in [2.75, 3.05) is 45.9 Å². The fourth-order valence-electron chi connectivity index (χ4n) is 8.14. The minimum absolute atomic E-state index is 0.198. The van der Waals surface area contributed by atoms with Crippen LogP contribution in [-0.4, -0.2) is 110 Å². The average Bonchev–Trinajstić information content (AvgIpc) is 3.79. The van der Waals surface area contributed by atoms with Crippen LogP contribution in [0.3, 0.4) is 0 Å². The van der Waals surface area contributed by atoms with Crippen molar-refractivity contribution in [3.8, 4) is 17.2 Å². The maximum absolute atomic E-state index is 10.1. The number of benzene rings is 3. The third-order valence-electron chi connectivity index (χ3n) is 10.8. The van der Waals surface area contributed by atoms with Gasteiger partial charge in [0.15, 0.2) is 10.2 Å². The Bertz CT molecular complexity index is 1590. The molecular weight excluding hydrogens is 675 g/mol. The topological polar surface area (TPSA) is 74.7 Å². The first-order valence-electron chi connectivity index (χ1n) is 18.8. The Morgan fingerprint density at radius 1 is 0.843 bits per heavy atom. The van der Waals surface area contributed by atoms with E-state index in [4.69, 9.17) is 29.2 Å². The zero-order valence-corrected chi connectivity index (χ0v) is 32.0. The summed E-state index contributed by atoms with van der Waals surface area (Å²) in [5.41, 5.74) is 3.71. The standard InChI is InChI=1S/C41H55N5O3S2/c1-4-49-39-17-11-30(12-18-39)19-21-44-35(22-29(2)3)28-46(41(44)51)36(24-32-9-15-38(48)16-10-32)26-43-20-5-6-33(43)27-45-34(25-42-40(45)50)23-31-7-13-37(47)14-8-31/h7-18,29,33-36,47-48H,4-6,19-28H2,1-3H3,(H,42,50)/t33?,34-,35-,36-/m0/s1. The van der Waals surface area contributed by atoms with Crippen molar-refractivity contribution in [1.29, 1.82) is 0 Å². The first kappa shape index (κ1) is 37.2. The van der Waals surface area contributed by atoms with Gasteiger partial charge in [0.1, 0.15) is 17.2 Å². The Balaban J connectivity index is 1.18. The molecule has 0 aromatic heterocycles. The summed E-state index contributed by atoms with van der Waals surface area (Å²) >= 11 is 12.2. The molecule has 3 saturated heterocycles. The SMILES string of the molecule is CCOc1ccc(CCN2C(=S)N([C@@H](Cc3ccc(O)cc3)CN3CCCC3CN3C(=S)NC[C@@H]3Cc3ccc(O)cc3)C[C@@H]2CC(C)C)cc1. The van der Waals surface area contributed by atoms with Gasteiger partial charge in [-0.3, -0.25) is 4.90 Å². The minimum atomic E-state index is 0.198. The van der Waals surface area contributed by atoms with Crippen LogP contribution >= 0.6 is 24.4 Å². The lowest BCUT2D eigenvalue weighted by molar-refractivity contribution is 0.159. The van der Waals surface area contributed by atoms with E-state index in [0.717, 1.165) is 87.3 Å². The number of phenolic OH excluding ortho intramolecular Hbond substituents is 2. The number of hydrogen-bond acceptors (Lipinski definition) is 6. The molecule has 3 N–H and O–H groups in total. The van der Waals surface area contributed by atoms with E-state index in [1.165, 1.54) is 23.1 Å². The summed E-state index contributed by atoms with van der Waals surface area (Å²) in [6, 6.07) is 25.0. The highest BCUT2D eigenvalue weighted by atomic mass is 32.1. The van der Waals surface area contributed by atoms with Gasteiger partial charge >= 0.3 is 0 Å². The van der Waals surface area contributed by atoms with Crippen LogP contribution in [0.1, 0.15) is 56.7 Å². The molecule has 0 spiro atoms. The molecule has 51 heavy (non-hydrogen) atoms. The molecule has 0 radical (unpaired) electrons. The third kappa shape index (κ3) is 9.64. The molecule has 3 aliphatic rings. The molecule has 10 heteroatoms. The van der Waals surface area contributed by atoms with Gasteiger partial charge in [0.25, 0.3) is 0 Å². The van der Waals surface area contributed by atoms with E-state index in [9.17, 15) is 10.2 Å². The number of nitrogens with zero attached hydrogens (tertiary/aromatic N) is 4. The number of thiocarbonyl (C=S) groups is 2. The Morgan fingerprint density at radius 3 is 2.18 bits per heavy atom. The van der Waals surface area contributed by atoms with Crippen molar-refractivity contribution in [3.05, 3.63) is 89.5 Å². The summed E-state index contributed by atoms with van der Waals surface area (Å²) < 4.78 is 5.67. The van der Waals surface area contributed by atoms with Crippen molar-refractivity contribution >= 4 is 34.7 Å². The van der Waals surface area contributed by atoms with E-state index in [1.54, 1.807) is 24.3 Å². The fourth-order valence-corrected chi connectivity index (χ4v) is 8.91. The molecule has 8 nitrogen and oxygen atoms in total. The molecule has 3 fully saturated rings. The molecule has 3 aromatic rings. The van der Waals surface area contributed by atoms with Gasteiger partial charge in [-0.2, -0.15) is 0 Å². The van der Waals surface area contributed by atoms with Crippen LogP contribution in [0, 0.1) is 5.92 Å². The molecule has 3 heterocycles. The molecule has 0 aliphatic carbocycles. The van der Waals surface area contributed by atoms with E-state index in [0.29, 0.717) is 36.1 Å². The molecule has 6 rings (SSSR count). The number of hydrogen-bond donors (Lipinski definition) is 3. The fraction of sp³-hybridized carbons (Fsp3) is 0.512. The predicted molar refractivity (Wildman–Crippen MR) is 214 cm³/mol. The van der Waals surface area contributed by atoms with Gasteiger partial charge < -0.3 is 35.0 Å². The van der Waals surface area contributed by atoms with Gasteiger partial charge in [0.2, 0.25) is 0 Å². The number of likely N-dealkylation sites (tertiary alicyclic amines) is 1. The maximum atomic E-state index is 10.1. The Labute approximate surface area is 315 Å². The predicted octanol–water partition coefficient (Wildman–Crippen LogP) is 6.23. The molecule has 0 bridgehead atoms. The zero-order valence-electron chi connectivity index (χ0n) is 30.4. The van der Waals surface area contributed by atoms with E-state index in [2.05, 4.69) is 75.2 Å². The number of ether oxygens (including phenoxy) is 1. The highest BCUT2D eigenvalue weighted by Gasteiger charge is 2.40. The Kier molecular flexibility index (Phi) is 12.6. The van der Waals surface area contributed by atoms with Crippen LogP contribution < -0.4 is 10.1 Å².